The lowest BCUT2D eigenvalue weighted by Crippen LogP contribution is -2.10. The van der Waals surface area contributed by atoms with Crippen LogP contribution in [0.3, 0.4) is 0 Å². The fourth-order valence-corrected chi connectivity index (χ4v) is 2.74. The van der Waals surface area contributed by atoms with Crippen molar-refractivity contribution in [3.8, 4) is 5.75 Å². The van der Waals surface area contributed by atoms with E-state index in [1.807, 2.05) is 0 Å². The summed E-state index contributed by atoms with van der Waals surface area (Å²) in [6, 6.07) is 15.0. The standard InChI is InChI=1S/C20H15Cl2N3O2/c21-14-5-3-13(17(22)12-14)4-10-19(27)25-18-2-1-11-23-20(18)24-15-6-8-16(26)9-7-15/h1-12,26H,(H,23,24)(H,25,27)/b10-4+. The maximum atomic E-state index is 12.3. The van der Waals surface area contributed by atoms with Crippen LogP contribution in [0.5, 0.6) is 5.75 Å². The SMILES string of the molecule is O=C(/C=C/c1ccc(Cl)cc1Cl)Nc1cccnc1Nc1ccc(O)cc1. The van der Waals surface area contributed by atoms with Crippen molar-refractivity contribution in [2.75, 3.05) is 10.6 Å². The maximum absolute atomic E-state index is 12.3. The number of amides is 1. The molecule has 1 aromatic heterocycles. The predicted molar refractivity (Wildman–Crippen MR) is 110 cm³/mol. The number of nitrogens with zero attached hydrogens (tertiary/aromatic N) is 1. The third-order valence-corrected chi connectivity index (χ3v) is 4.13. The van der Waals surface area contributed by atoms with E-state index in [0.717, 1.165) is 5.69 Å². The topological polar surface area (TPSA) is 74.2 Å². The molecule has 0 saturated heterocycles. The number of pyridine rings is 1. The number of hydrogen-bond acceptors (Lipinski definition) is 4. The quantitative estimate of drug-likeness (QED) is 0.391. The van der Waals surface area contributed by atoms with Crippen molar-refractivity contribution >= 4 is 52.4 Å². The fraction of sp³-hybridized carbons (Fsp3) is 0. The summed E-state index contributed by atoms with van der Waals surface area (Å²) in [6.45, 7) is 0. The Kier molecular flexibility index (Phi) is 5.96. The molecule has 7 heteroatoms. The van der Waals surface area contributed by atoms with Gasteiger partial charge in [-0.05, 0) is 60.2 Å². The van der Waals surface area contributed by atoms with E-state index in [9.17, 15) is 9.90 Å². The van der Waals surface area contributed by atoms with Crippen molar-refractivity contribution < 1.29 is 9.90 Å². The van der Waals surface area contributed by atoms with E-state index in [1.165, 1.54) is 6.08 Å². The van der Waals surface area contributed by atoms with Gasteiger partial charge >= 0.3 is 0 Å². The van der Waals surface area contributed by atoms with Crippen LogP contribution in [0.4, 0.5) is 17.2 Å². The minimum atomic E-state index is -0.331. The Morgan fingerprint density at radius 2 is 1.85 bits per heavy atom. The number of phenols is 1. The lowest BCUT2D eigenvalue weighted by molar-refractivity contribution is -0.111. The smallest absolute Gasteiger partial charge is 0.248 e. The summed E-state index contributed by atoms with van der Waals surface area (Å²) in [7, 11) is 0. The molecule has 0 aliphatic rings. The highest BCUT2D eigenvalue weighted by Gasteiger charge is 2.07. The van der Waals surface area contributed by atoms with Crippen molar-refractivity contribution in [2.45, 2.75) is 0 Å². The van der Waals surface area contributed by atoms with Gasteiger partial charge in [0.25, 0.3) is 0 Å². The molecule has 3 aromatic rings. The number of carbonyl (C=O) groups is 1. The largest absolute Gasteiger partial charge is 0.508 e. The van der Waals surface area contributed by atoms with Gasteiger partial charge in [-0.15, -0.1) is 0 Å². The van der Waals surface area contributed by atoms with E-state index in [0.29, 0.717) is 27.1 Å². The maximum Gasteiger partial charge on any atom is 0.248 e. The average Bonchev–Trinajstić information content (AvgIpc) is 2.64. The lowest BCUT2D eigenvalue weighted by Gasteiger charge is -2.11. The molecule has 0 spiro atoms. The third-order valence-electron chi connectivity index (χ3n) is 3.57. The summed E-state index contributed by atoms with van der Waals surface area (Å²) in [5, 5.41) is 16.2. The minimum absolute atomic E-state index is 0.168. The van der Waals surface area contributed by atoms with Crippen LogP contribution in [-0.4, -0.2) is 16.0 Å². The first kappa shape index (κ1) is 18.8. The van der Waals surface area contributed by atoms with Crippen LogP contribution < -0.4 is 10.6 Å². The highest BCUT2D eigenvalue weighted by molar-refractivity contribution is 6.35. The number of aromatic hydroxyl groups is 1. The van der Waals surface area contributed by atoms with E-state index in [1.54, 1.807) is 66.9 Å². The number of halogens is 2. The van der Waals surface area contributed by atoms with Gasteiger partial charge in [0.15, 0.2) is 5.82 Å². The molecule has 3 rings (SSSR count). The number of anilines is 3. The first-order valence-electron chi connectivity index (χ1n) is 7.96. The van der Waals surface area contributed by atoms with Crippen molar-refractivity contribution in [3.63, 3.8) is 0 Å². The molecule has 0 unspecified atom stereocenters. The van der Waals surface area contributed by atoms with Crippen molar-refractivity contribution in [1.82, 2.24) is 4.98 Å². The van der Waals surface area contributed by atoms with Gasteiger partial charge in [-0.25, -0.2) is 4.98 Å². The fourth-order valence-electron chi connectivity index (χ4n) is 2.26. The Balaban J connectivity index is 1.72. The van der Waals surface area contributed by atoms with Crippen LogP contribution in [0.2, 0.25) is 10.0 Å². The van der Waals surface area contributed by atoms with Crippen LogP contribution in [0, 0.1) is 0 Å². The Labute approximate surface area is 166 Å². The van der Waals surface area contributed by atoms with Gasteiger partial charge in [-0.3, -0.25) is 4.79 Å². The van der Waals surface area contributed by atoms with Crippen molar-refractivity contribution in [2.24, 2.45) is 0 Å². The first-order chi connectivity index (χ1) is 13.0. The molecule has 0 saturated carbocycles. The molecule has 0 aliphatic heterocycles. The number of benzene rings is 2. The number of aromatic nitrogens is 1. The van der Waals surface area contributed by atoms with Crippen molar-refractivity contribution in [1.29, 1.82) is 0 Å². The molecular formula is C20H15Cl2N3O2. The molecule has 3 N–H and O–H groups in total. The summed E-state index contributed by atoms with van der Waals surface area (Å²) in [5.41, 5.74) is 1.93. The van der Waals surface area contributed by atoms with Gasteiger partial charge in [0.2, 0.25) is 5.91 Å². The summed E-state index contributed by atoms with van der Waals surface area (Å²) in [6.07, 6.45) is 4.60. The molecule has 136 valence electrons. The molecular weight excluding hydrogens is 385 g/mol. The van der Waals surface area contributed by atoms with E-state index in [-0.39, 0.29) is 11.7 Å². The van der Waals surface area contributed by atoms with Crippen LogP contribution in [0.1, 0.15) is 5.56 Å². The molecule has 5 nitrogen and oxygen atoms in total. The summed E-state index contributed by atoms with van der Waals surface area (Å²) in [5.74, 6) is 0.318. The van der Waals surface area contributed by atoms with Crippen LogP contribution in [0.25, 0.3) is 6.08 Å². The summed E-state index contributed by atoms with van der Waals surface area (Å²) >= 11 is 12.0. The summed E-state index contributed by atoms with van der Waals surface area (Å²) in [4.78, 5) is 16.5. The van der Waals surface area contributed by atoms with Crippen molar-refractivity contribution in [3.05, 3.63) is 82.5 Å². The molecule has 0 fully saturated rings. The summed E-state index contributed by atoms with van der Waals surface area (Å²) < 4.78 is 0. The highest BCUT2D eigenvalue weighted by Crippen LogP contribution is 2.25. The highest BCUT2D eigenvalue weighted by atomic mass is 35.5. The Bertz CT molecular complexity index is 989. The Morgan fingerprint density at radius 3 is 2.59 bits per heavy atom. The van der Waals surface area contributed by atoms with Crippen LogP contribution >= 0.6 is 23.2 Å². The van der Waals surface area contributed by atoms with Gasteiger partial charge < -0.3 is 15.7 Å². The van der Waals surface area contributed by atoms with Crippen LogP contribution in [-0.2, 0) is 4.79 Å². The zero-order valence-corrected chi connectivity index (χ0v) is 15.5. The van der Waals surface area contributed by atoms with Gasteiger partial charge in [0, 0.05) is 28.0 Å². The monoisotopic (exact) mass is 399 g/mol. The molecule has 1 amide bonds. The van der Waals surface area contributed by atoms with Gasteiger partial charge in [-0.2, -0.15) is 0 Å². The Morgan fingerprint density at radius 1 is 1.07 bits per heavy atom. The predicted octanol–water partition coefficient (Wildman–Crippen LogP) is 5.49. The number of nitrogens with one attached hydrogen (secondary N) is 2. The second-order valence-corrected chi connectivity index (χ2v) is 6.40. The molecule has 27 heavy (non-hydrogen) atoms. The average molecular weight is 400 g/mol. The molecule has 0 atom stereocenters. The zero-order chi connectivity index (χ0) is 19.2. The van der Waals surface area contributed by atoms with Gasteiger partial charge in [0.05, 0.1) is 5.69 Å². The normalized spacial score (nSPS) is 10.7. The number of hydrogen-bond donors (Lipinski definition) is 3. The van der Waals surface area contributed by atoms with E-state index < -0.39 is 0 Å². The molecule has 2 aromatic carbocycles. The van der Waals surface area contributed by atoms with Crippen LogP contribution in [0.15, 0.2) is 66.9 Å². The third kappa shape index (κ3) is 5.23. The lowest BCUT2D eigenvalue weighted by atomic mass is 10.2. The van der Waals surface area contributed by atoms with Gasteiger partial charge in [-0.1, -0.05) is 29.3 Å². The minimum Gasteiger partial charge on any atom is -0.508 e. The molecule has 0 aliphatic carbocycles. The van der Waals surface area contributed by atoms with E-state index in [2.05, 4.69) is 15.6 Å². The number of carbonyl (C=O) groups excluding carboxylic acids is 1. The number of rotatable bonds is 5. The first-order valence-corrected chi connectivity index (χ1v) is 8.72. The second kappa shape index (κ2) is 8.58. The zero-order valence-electron chi connectivity index (χ0n) is 14.0. The molecule has 0 bridgehead atoms. The van der Waals surface area contributed by atoms with Gasteiger partial charge in [0.1, 0.15) is 5.75 Å². The molecule has 1 heterocycles. The molecule has 0 radical (unpaired) electrons. The number of phenolic OH excluding ortho intramolecular Hbond substituents is 1. The Hall–Kier alpha value is -3.02. The van der Waals surface area contributed by atoms with E-state index >= 15 is 0 Å². The van der Waals surface area contributed by atoms with E-state index in [4.69, 9.17) is 23.2 Å². The second-order valence-electron chi connectivity index (χ2n) is 5.56.